The van der Waals surface area contributed by atoms with Crippen LogP contribution in [0.25, 0.3) is 0 Å². The SMILES string of the molecule is CCC1CCCC(N(C)CCCC(=O)O)C1. The highest BCUT2D eigenvalue weighted by Crippen LogP contribution is 2.29. The molecule has 0 bridgehead atoms. The quantitative estimate of drug-likeness (QED) is 0.758. The third-order valence-corrected chi connectivity index (χ3v) is 3.86. The summed E-state index contributed by atoms with van der Waals surface area (Å²) in [6.45, 7) is 3.20. The molecule has 16 heavy (non-hydrogen) atoms. The molecule has 1 N–H and O–H groups in total. The van der Waals surface area contributed by atoms with Crippen LogP contribution in [0.1, 0.15) is 51.9 Å². The van der Waals surface area contributed by atoms with Gasteiger partial charge in [-0.1, -0.05) is 26.2 Å². The number of carboxylic acids is 1. The molecule has 1 fully saturated rings. The summed E-state index contributed by atoms with van der Waals surface area (Å²) in [5.74, 6) is 0.212. The number of carboxylic acid groups (broad SMARTS) is 1. The van der Waals surface area contributed by atoms with E-state index in [1.807, 2.05) is 0 Å². The minimum Gasteiger partial charge on any atom is -0.481 e. The van der Waals surface area contributed by atoms with Gasteiger partial charge >= 0.3 is 5.97 Å². The third kappa shape index (κ3) is 4.52. The molecular weight excluding hydrogens is 202 g/mol. The molecule has 0 amide bonds. The molecule has 3 heteroatoms. The summed E-state index contributed by atoms with van der Waals surface area (Å²) in [5.41, 5.74) is 0. The van der Waals surface area contributed by atoms with Crippen molar-refractivity contribution in [2.75, 3.05) is 13.6 Å². The van der Waals surface area contributed by atoms with Crippen molar-refractivity contribution < 1.29 is 9.90 Å². The van der Waals surface area contributed by atoms with Gasteiger partial charge in [-0.25, -0.2) is 0 Å². The van der Waals surface area contributed by atoms with Crippen LogP contribution in [0, 0.1) is 5.92 Å². The van der Waals surface area contributed by atoms with E-state index in [1.54, 1.807) is 0 Å². The maximum absolute atomic E-state index is 10.4. The van der Waals surface area contributed by atoms with Crippen LogP contribution >= 0.6 is 0 Å². The van der Waals surface area contributed by atoms with Gasteiger partial charge in [0.05, 0.1) is 0 Å². The molecule has 0 spiro atoms. The third-order valence-electron chi connectivity index (χ3n) is 3.86. The van der Waals surface area contributed by atoms with Crippen LogP contribution in [0.15, 0.2) is 0 Å². The Bertz CT molecular complexity index is 218. The minimum atomic E-state index is -0.677. The molecule has 2 atom stereocenters. The zero-order valence-corrected chi connectivity index (χ0v) is 10.6. The molecule has 0 aromatic heterocycles. The van der Waals surface area contributed by atoms with Crippen molar-refractivity contribution in [1.82, 2.24) is 4.90 Å². The molecule has 1 rings (SSSR count). The number of hydrogen-bond acceptors (Lipinski definition) is 2. The number of nitrogens with zero attached hydrogens (tertiary/aromatic N) is 1. The Morgan fingerprint density at radius 2 is 2.19 bits per heavy atom. The number of rotatable bonds is 6. The fraction of sp³-hybridized carbons (Fsp3) is 0.923. The largest absolute Gasteiger partial charge is 0.481 e. The Labute approximate surface area is 98.8 Å². The number of hydrogen-bond donors (Lipinski definition) is 1. The lowest BCUT2D eigenvalue weighted by Gasteiger charge is -2.35. The predicted molar refractivity (Wildman–Crippen MR) is 65.5 cm³/mol. The van der Waals surface area contributed by atoms with E-state index >= 15 is 0 Å². The van der Waals surface area contributed by atoms with Gasteiger partial charge < -0.3 is 10.0 Å². The summed E-state index contributed by atoms with van der Waals surface area (Å²) in [6, 6.07) is 0.687. The fourth-order valence-electron chi connectivity index (χ4n) is 2.70. The van der Waals surface area contributed by atoms with Gasteiger partial charge in [0.15, 0.2) is 0 Å². The monoisotopic (exact) mass is 227 g/mol. The summed E-state index contributed by atoms with van der Waals surface area (Å²) in [5, 5.41) is 8.60. The molecule has 1 saturated carbocycles. The molecule has 0 aromatic carbocycles. The molecular formula is C13H25NO2. The maximum Gasteiger partial charge on any atom is 0.303 e. The van der Waals surface area contributed by atoms with E-state index in [4.69, 9.17) is 5.11 Å². The van der Waals surface area contributed by atoms with Crippen molar-refractivity contribution in [3.05, 3.63) is 0 Å². The molecule has 2 unspecified atom stereocenters. The fourth-order valence-corrected chi connectivity index (χ4v) is 2.70. The lowest BCUT2D eigenvalue weighted by molar-refractivity contribution is -0.137. The normalized spacial score (nSPS) is 25.9. The van der Waals surface area contributed by atoms with E-state index in [1.165, 1.54) is 32.1 Å². The average molecular weight is 227 g/mol. The second-order valence-electron chi connectivity index (χ2n) is 5.07. The van der Waals surface area contributed by atoms with Gasteiger partial charge in [0.2, 0.25) is 0 Å². The highest BCUT2D eigenvalue weighted by molar-refractivity contribution is 5.66. The molecule has 0 aliphatic heterocycles. The van der Waals surface area contributed by atoms with Crippen LogP contribution in [-0.2, 0) is 4.79 Å². The highest BCUT2D eigenvalue weighted by atomic mass is 16.4. The van der Waals surface area contributed by atoms with Crippen LogP contribution in [0.4, 0.5) is 0 Å². The van der Waals surface area contributed by atoms with Crippen molar-refractivity contribution in [2.45, 2.75) is 57.9 Å². The molecule has 0 heterocycles. The van der Waals surface area contributed by atoms with Crippen molar-refractivity contribution >= 4 is 5.97 Å². The molecule has 94 valence electrons. The van der Waals surface area contributed by atoms with Crippen molar-refractivity contribution in [1.29, 1.82) is 0 Å². The summed E-state index contributed by atoms with van der Waals surface area (Å²) in [6.07, 6.45) is 7.69. The number of aliphatic carboxylic acids is 1. The molecule has 1 aliphatic rings. The van der Waals surface area contributed by atoms with Gasteiger partial charge in [-0.05, 0) is 38.8 Å². The van der Waals surface area contributed by atoms with Crippen molar-refractivity contribution in [2.24, 2.45) is 5.92 Å². The molecule has 0 saturated heterocycles. The van der Waals surface area contributed by atoms with Gasteiger partial charge in [0.1, 0.15) is 0 Å². The average Bonchev–Trinajstić information content (AvgIpc) is 2.28. The van der Waals surface area contributed by atoms with Crippen LogP contribution < -0.4 is 0 Å². The Kier molecular flexibility index (Phi) is 5.81. The van der Waals surface area contributed by atoms with Crippen LogP contribution in [0.2, 0.25) is 0 Å². The Morgan fingerprint density at radius 1 is 1.44 bits per heavy atom. The van der Waals surface area contributed by atoms with E-state index in [0.29, 0.717) is 12.5 Å². The van der Waals surface area contributed by atoms with Crippen LogP contribution in [0.3, 0.4) is 0 Å². The van der Waals surface area contributed by atoms with Gasteiger partial charge in [-0.3, -0.25) is 4.79 Å². The zero-order chi connectivity index (χ0) is 12.0. The van der Waals surface area contributed by atoms with Crippen molar-refractivity contribution in [3.8, 4) is 0 Å². The van der Waals surface area contributed by atoms with Gasteiger partial charge in [0, 0.05) is 12.5 Å². The Morgan fingerprint density at radius 3 is 2.81 bits per heavy atom. The van der Waals surface area contributed by atoms with E-state index in [2.05, 4.69) is 18.9 Å². The molecule has 1 aliphatic carbocycles. The smallest absolute Gasteiger partial charge is 0.303 e. The second-order valence-corrected chi connectivity index (χ2v) is 5.07. The van der Waals surface area contributed by atoms with E-state index in [9.17, 15) is 4.79 Å². The van der Waals surface area contributed by atoms with Gasteiger partial charge in [-0.15, -0.1) is 0 Å². The Hall–Kier alpha value is -0.570. The molecule has 3 nitrogen and oxygen atoms in total. The second kappa shape index (κ2) is 6.89. The van der Waals surface area contributed by atoms with Crippen molar-refractivity contribution in [3.63, 3.8) is 0 Å². The first-order chi connectivity index (χ1) is 7.63. The first kappa shape index (κ1) is 13.5. The summed E-state index contributed by atoms with van der Waals surface area (Å²) in [4.78, 5) is 12.8. The number of carbonyl (C=O) groups is 1. The maximum atomic E-state index is 10.4. The standard InChI is InChI=1S/C13H25NO2/c1-3-11-6-4-7-12(10-11)14(2)9-5-8-13(15)16/h11-12H,3-10H2,1-2H3,(H,15,16). The minimum absolute atomic E-state index is 0.300. The summed E-state index contributed by atoms with van der Waals surface area (Å²) < 4.78 is 0. The van der Waals surface area contributed by atoms with Crippen LogP contribution in [-0.4, -0.2) is 35.6 Å². The van der Waals surface area contributed by atoms with E-state index < -0.39 is 5.97 Å². The lowest BCUT2D eigenvalue weighted by atomic mass is 9.83. The predicted octanol–water partition coefficient (Wildman–Crippen LogP) is 2.75. The summed E-state index contributed by atoms with van der Waals surface area (Å²) >= 11 is 0. The van der Waals surface area contributed by atoms with Crippen LogP contribution in [0.5, 0.6) is 0 Å². The van der Waals surface area contributed by atoms with E-state index in [-0.39, 0.29) is 0 Å². The Balaban J connectivity index is 2.24. The summed E-state index contributed by atoms with van der Waals surface area (Å²) in [7, 11) is 2.14. The highest BCUT2D eigenvalue weighted by Gasteiger charge is 2.23. The zero-order valence-electron chi connectivity index (χ0n) is 10.6. The van der Waals surface area contributed by atoms with E-state index in [0.717, 1.165) is 18.9 Å². The van der Waals surface area contributed by atoms with Gasteiger partial charge in [0.25, 0.3) is 0 Å². The lowest BCUT2D eigenvalue weighted by Crippen LogP contribution is -2.36. The first-order valence-corrected chi connectivity index (χ1v) is 6.55. The topological polar surface area (TPSA) is 40.5 Å². The molecule has 0 radical (unpaired) electrons. The molecule has 0 aromatic rings. The van der Waals surface area contributed by atoms with Gasteiger partial charge in [-0.2, -0.15) is 0 Å². The first-order valence-electron chi connectivity index (χ1n) is 6.55.